The molecule has 5 nitrogen and oxygen atoms in total. The molecule has 106 valence electrons. The third-order valence-corrected chi connectivity index (χ3v) is 3.14. The Bertz CT molecular complexity index is 645. The lowest BCUT2D eigenvalue weighted by Crippen LogP contribution is -2.20. The van der Waals surface area contributed by atoms with Crippen LogP contribution in [0, 0.1) is 0 Å². The number of ether oxygens (including phenoxy) is 1. The zero-order valence-corrected chi connectivity index (χ0v) is 11.9. The molecule has 0 unspecified atom stereocenters. The number of rotatable bonds is 4. The minimum Gasteiger partial charge on any atom is -0.497 e. The van der Waals surface area contributed by atoms with Crippen molar-refractivity contribution in [2.24, 2.45) is 0 Å². The first-order chi connectivity index (χ1) is 9.51. The summed E-state index contributed by atoms with van der Waals surface area (Å²) in [6.45, 7) is 3.84. The van der Waals surface area contributed by atoms with Crippen LogP contribution in [-0.4, -0.2) is 17.1 Å². The largest absolute Gasteiger partial charge is 0.497 e. The molecule has 3 N–H and O–H groups in total. The molecule has 1 heterocycles. The molecule has 2 rings (SSSR count). The van der Waals surface area contributed by atoms with Crippen LogP contribution in [0.3, 0.4) is 0 Å². The maximum absolute atomic E-state index is 12.0. The van der Waals surface area contributed by atoms with E-state index in [1.165, 1.54) is 0 Å². The summed E-state index contributed by atoms with van der Waals surface area (Å²) >= 11 is 0. The fourth-order valence-electron chi connectivity index (χ4n) is 2.13. The minimum atomic E-state index is -0.156. The second-order valence-electron chi connectivity index (χ2n) is 4.99. The number of nitrogens with zero attached hydrogens (tertiary/aromatic N) is 1. The summed E-state index contributed by atoms with van der Waals surface area (Å²) in [5, 5.41) is 0. The normalized spacial score (nSPS) is 10.8. The van der Waals surface area contributed by atoms with Gasteiger partial charge in [-0.3, -0.25) is 4.79 Å². The van der Waals surface area contributed by atoms with E-state index in [0.717, 1.165) is 11.3 Å². The van der Waals surface area contributed by atoms with E-state index in [9.17, 15) is 4.79 Å². The van der Waals surface area contributed by atoms with Gasteiger partial charge in [0.25, 0.3) is 5.56 Å². The van der Waals surface area contributed by atoms with Crippen molar-refractivity contribution >= 4 is 5.82 Å². The lowest BCUT2D eigenvalue weighted by atomic mass is 10.1. The molecule has 0 bridgehead atoms. The minimum absolute atomic E-state index is 0.0567. The maximum Gasteiger partial charge on any atom is 0.256 e. The SMILES string of the molecule is COc1ccc(Cc2nc(N)c(C(C)C)c(=O)[nH]2)cc1. The predicted molar refractivity (Wildman–Crippen MR) is 79.2 cm³/mol. The molecule has 0 radical (unpaired) electrons. The van der Waals surface area contributed by atoms with Gasteiger partial charge < -0.3 is 15.5 Å². The molecule has 0 fully saturated rings. The van der Waals surface area contributed by atoms with Gasteiger partial charge in [-0.15, -0.1) is 0 Å². The van der Waals surface area contributed by atoms with Gasteiger partial charge in [0.15, 0.2) is 0 Å². The number of aromatic amines is 1. The third-order valence-electron chi connectivity index (χ3n) is 3.14. The van der Waals surface area contributed by atoms with E-state index < -0.39 is 0 Å². The lowest BCUT2D eigenvalue weighted by Gasteiger charge is -2.09. The summed E-state index contributed by atoms with van der Waals surface area (Å²) in [6.07, 6.45) is 0.530. The van der Waals surface area contributed by atoms with Crippen molar-refractivity contribution in [1.82, 2.24) is 9.97 Å². The van der Waals surface area contributed by atoms with Crippen LogP contribution in [0.2, 0.25) is 0 Å². The van der Waals surface area contributed by atoms with Crippen LogP contribution in [0.25, 0.3) is 0 Å². The molecule has 1 aromatic heterocycles. The fraction of sp³-hybridized carbons (Fsp3) is 0.333. The number of benzene rings is 1. The van der Waals surface area contributed by atoms with Gasteiger partial charge in [0.2, 0.25) is 0 Å². The molecule has 0 amide bonds. The first kappa shape index (κ1) is 14.1. The second-order valence-corrected chi connectivity index (χ2v) is 4.99. The summed E-state index contributed by atoms with van der Waals surface area (Å²) in [4.78, 5) is 19.1. The average Bonchev–Trinajstić information content (AvgIpc) is 2.38. The highest BCUT2D eigenvalue weighted by atomic mass is 16.5. The van der Waals surface area contributed by atoms with Crippen LogP contribution in [0.4, 0.5) is 5.82 Å². The summed E-state index contributed by atoms with van der Waals surface area (Å²) in [5.41, 5.74) is 7.29. The van der Waals surface area contributed by atoms with Gasteiger partial charge >= 0.3 is 0 Å². The van der Waals surface area contributed by atoms with Gasteiger partial charge in [-0.25, -0.2) is 4.98 Å². The zero-order valence-electron chi connectivity index (χ0n) is 11.9. The Kier molecular flexibility index (Phi) is 4.08. The lowest BCUT2D eigenvalue weighted by molar-refractivity contribution is 0.414. The van der Waals surface area contributed by atoms with Gasteiger partial charge in [-0.05, 0) is 23.6 Å². The summed E-state index contributed by atoms with van der Waals surface area (Å²) in [5.74, 6) is 1.74. The first-order valence-electron chi connectivity index (χ1n) is 6.52. The van der Waals surface area contributed by atoms with Crippen molar-refractivity contribution < 1.29 is 4.74 Å². The fourth-order valence-corrected chi connectivity index (χ4v) is 2.13. The van der Waals surface area contributed by atoms with Crippen molar-refractivity contribution in [2.75, 3.05) is 12.8 Å². The Labute approximate surface area is 117 Å². The van der Waals surface area contributed by atoms with Crippen LogP contribution in [0.15, 0.2) is 29.1 Å². The number of hydrogen-bond acceptors (Lipinski definition) is 4. The highest BCUT2D eigenvalue weighted by molar-refractivity contribution is 5.40. The molecule has 0 aliphatic rings. The number of anilines is 1. The Morgan fingerprint density at radius 3 is 2.45 bits per heavy atom. The molecule has 0 saturated heterocycles. The highest BCUT2D eigenvalue weighted by Crippen LogP contribution is 2.17. The molecule has 20 heavy (non-hydrogen) atoms. The van der Waals surface area contributed by atoms with Crippen molar-refractivity contribution in [3.63, 3.8) is 0 Å². The predicted octanol–water partition coefficient (Wildman–Crippen LogP) is 2.07. The van der Waals surface area contributed by atoms with E-state index >= 15 is 0 Å². The molecular weight excluding hydrogens is 254 g/mol. The molecular formula is C15H19N3O2. The maximum atomic E-state index is 12.0. The smallest absolute Gasteiger partial charge is 0.256 e. The van der Waals surface area contributed by atoms with E-state index in [4.69, 9.17) is 10.5 Å². The monoisotopic (exact) mass is 273 g/mol. The Hall–Kier alpha value is -2.30. The second kappa shape index (κ2) is 5.77. The number of aromatic nitrogens is 2. The number of nitrogens with two attached hydrogens (primary N) is 1. The number of nitrogens with one attached hydrogen (secondary N) is 1. The van der Waals surface area contributed by atoms with Crippen molar-refractivity contribution in [3.05, 3.63) is 51.6 Å². The number of H-pyrrole nitrogens is 1. The van der Waals surface area contributed by atoms with Crippen molar-refractivity contribution in [3.8, 4) is 5.75 Å². The van der Waals surface area contributed by atoms with Crippen LogP contribution >= 0.6 is 0 Å². The molecule has 0 saturated carbocycles. The summed E-state index contributed by atoms with van der Waals surface area (Å²) in [7, 11) is 1.62. The molecule has 0 aliphatic heterocycles. The molecule has 0 spiro atoms. The van der Waals surface area contributed by atoms with Gasteiger partial charge in [-0.1, -0.05) is 26.0 Å². The van der Waals surface area contributed by atoms with E-state index in [1.807, 2.05) is 38.1 Å². The Morgan fingerprint density at radius 2 is 1.95 bits per heavy atom. The molecule has 2 aromatic rings. The van der Waals surface area contributed by atoms with Crippen molar-refractivity contribution in [2.45, 2.75) is 26.2 Å². The summed E-state index contributed by atoms with van der Waals surface area (Å²) in [6, 6.07) is 7.62. The van der Waals surface area contributed by atoms with E-state index in [0.29, 0.717) is 23.6 Å². The van der Waals surface area contributed by atoms with Gasteiger partial charge in [0.1, 0.15) is 17.4 Å². The first-order valence-corrected chi connectivity index (χ1v) is 6.52. The Morgan fingerprint density at radius 1 is 1.30 bits per heavy atom. The number of hydrogen-bond donors (Lipinski definition) is 2. The third kappa shape index (κ3) is 2.99. The number of methoxy groups -OCH3 is 1. The average molecular weight is 273 g/mol. The van der Waals surface area contributed by atoms with Crippen LogP contribution in [0.1, 0.15) is 36.7 Å². The van der Waals surface area contributed by atoms with Crippen LogP contribution in [0.5, 0.6) is 5.75 Å². The standard InChI is InChI=1S/C15H19N3O2/c1-9(2)13-14(16)17-12(18-15(13)19)8-10-4-6-11(20-3)7-5-10/h4-7,9H,8H2,1-3H3,(H3,16,17,18,19). The molecule has 0 atom stereocenters. The Balaban J connectivity index is 2.27. The van der Waals surface area contributed by atoms with E-state index in [1.54, 1.807) is 7.11 Å². The van der Waals surface area contributed by atoms with Crippen LogP contribution < -0.4 is 16.0 Å². The quantitative estimate of drug-likeness (QED) is 0.893. The highest BCUT2D eigenvalue weighted by Gasteiger charge is 2.12. The van der Waals surface area contributed by atoms with E-state index in [-0.39, 0.29) is 11.5 Å². The van der Waals surface area contributed by atoms with Crippen LogP contribution in [-0.2, 0) is 6.42 Å². The molecule has 1 aromatic carbocycles. The molecule has 0 aliphatic carbocycles. The van der Waals surface area contributed by atoms with E-state index in [2.05, 4.69) is 9.97 Å². The van der Waals surface area contributed by atoms with Gasteiger partial charge in [0.05, 0.1) is 12.7 Å². The molecule has 5 heteroatoms. The summed E-state index contributed by atoms with van der Waals surface area (Å²) < 4.78 is 5.11. The number of nitrogen functional groups attached to an aromatic ring is 1. The topological polar surface area (TPSA) is 81.0 Å². The van der Waals surface area contributed by atoms with Crippen molar-refractivity contribution in [1.29, 1.82) is 0 Å². The van der Waals surface area contributed by atoms with Gasteiger partial charge in [-0.2, -0.15) is 0 Å². The van der Waals surface area contributed by atoms with Gasteiger partial charge in [0, 0.05) is 6.42 Å². The zero-order chi connectivity index (χ0) is 14.7.